The predicted octanol–water partition coefficient (Wildman–Crippen LogP) is 2.85. The number of anilines is 1. The lowest BCUT2D eigenvalue weighted by Gasteiger charge is -2.19. The normalized spacial score (nSPS) is 13.1. The van der Waals surface area contributed by atoms with Gasteiger partial charge >= 0.3 is 5.97 Å². The number of hydrogen-bond acceptors (Lipinski definition) is 8. The summed E-state index contributed by atoms with van der Waals surface area (Å²) in [5.41, 5.74) is 3.22. The molecule has 11 heteroatoms. The number of carboxylic acid groups (broad SMARTS) is 1. The Morgan fingerprint density at radius 2 is 2.00 bits per heavy atom. The summed E-state index contributed by atoms with van der Waals surface area (Å²) in [6.07, 6.45) is 3.18. The molecule has 11 nitrogen and oxygen atoms in total. The van der Waals surface area contributed by atoms with Gasteiger partial charge in [-0.25, -0.2) is 0 Å². The molecule has 1 amide bonds. The van der Waals surface area contributed by atoms with E-state index in [0.29, 0.717) is 47.2 Å². The topological polar surface area (TPSA) is 151 Å². The molecule has 1 atom stereocenters. The van der Waals surface area contributed by atoms with E-state index < -0.39 is 17.9 Å². The molecule has 37 heavy (non-hydrogen) atoms. The van der Waals surface area contributed by atoms with Crippen molar-refractivity contribution >= 4 is 23.2 Å². The van der Waals surface area contributed by atoms with E-state index in [4.69, 9.17) is 14.6 Å². The van der Waals surface area contributed by atoms with E-state index in [2.05, 4.69) is 26.9 Å². The molecule has 2 aromatic heterocycles. The molecule has 1 aliphatic heterocycles. The Balaban J connectivity index is 1.46. The number of carbonyl (C=O) groups is 2. The summed E-state index contributed by atoms with van der Waals surface area (Å²) >= 11 is 0. The van der Waals surface area contributed by atoms with Crippen LogP contribution in [-0.2, 0) is 11.3 Å². The van der Waals surface area contributed by atoms with Crippen LogP contribution in [0.4, 0.5) is 5.69 Å². The molecule has 0 fully saturated rings. The van der Waals surface area contributed by atoms with Crippen molar-refractivity contribution in [1.82, 2.24) is 19.9 Å². The van der Waals surface area contributed by atoms with Crippen molar-refractivity contribution in [2.75, 3.05) is 18.5 Å². The van der Waals surface area contributed by atoms with Gasteiger partial charge in [-0.2, -0.15) is 5.26 Å². The first-order valence-corrected chi connectivity index (χ1v) is 11.5. The SMILES string of the molecule is C[C@H](NCc1cc(C(=O)Nc2cccc(-c3ccc4c(c3)OCCO4)c2C#N)c2nncn2c1)C(=O)O. The van der Waals surface area contributed by atoms with Crippen LogP contribution in [0.1, 0.15) is 28.4 Å². The third-order valence-electron chi connectivity index (χ3n) is 5.95. The molecule has 0 saturated carbocycles. The van der Waals surface area contributed by atoms with E-state index in [1.165, 1.54) is 13.3 Å². The van der Waals surface area contributed by atoms with Crippen molar-refractivity contribution in [3.05, 3.63) is 71.7 Å². The van der Waals surface area contributed by atoms with E-state index in [0.717, 1.165) is 5.56 Å². The number of nitrogens with zero attached hydrogens (tertiary/aromatic N) is 4. The number of carbonyl (C=O) groups excluding carboxylic acids is 1. The van der Waals surface area contributed by atoms with E-state index >= 15 is 0 Å². The molecule has 2 aromatic carbocycles. The van der Waals surface area contributed by atoms with Crippen molar-refractivity contribution in [3.63, 3.8) is 0 Å². The monoisotopic (exact) mass is 498 g/mol. The maximum absolute atomic E-state index is 13.4. The van der Waals surface area contributed by atoms with Crippen LogP contribution < -0.4 is 20.1 Å². The molecule has 1 aliphatic rings. The van der Waals surface area contributed by atoms with Gasteiger partial charge in [-0.3, -0.25) is 14.0 Å². The Kier molecular flexibility index (Phi) is 6.40. The van der Waals surface area contributed by atoms with Crippen molar-refractivity contribution in [2.24, 2.45) is 0 Å². The maximum atomic E-state index is 13.4. The quantitative estimate of drug-likeness (QED) is 0.349. The summed E-state index contributed by atoms with van der Waals surface area (Å²) in [6, 6.07) is 13.7. The molecule has 0 bridgehead atoms. The minimum absolute atomic E-state index is 0.213. The third-order valence-corrected chi connectivity index (χ3v) is 5.95. The standard InChI is InChI=1S/C26H22N6O5/c1-15(26(34)35)28-12-16-9-19(24-31-29-14-32(24)13-16)25(33)30-21-4-2-3-18(20(21)11-27)17-5-6-22-23(10-17)37-8-7-36-22/h2-6,9-10,13-15,28H,7-8,12H2,1H3,(H,30,33)(H,34,35)/t15-/m0/s1. The first kappa shape index (κ1) is 23.8. The first-order chi connectivity index (χ1) is 17.9. The Labute approximate surface area is 211 Å². The highest BCUT2D eigenvalue weighted by Gasteiger charge is 2.20. The zero-order valence-corrected chi connectivity index (χ0v) is 19.8. The summed E-state index contributed by atoms with van der Waals surface area (Å²) < 4.78 is 12.8. The number of aromatic nitrogens is 3. The number of ether oxygens (including phenoxy) is 2. The lowest BCUT2D eigenvalue weighted by atomic mass is 9.98. The van der Waals surface area contributed by atoms with Crippen LogP contribution >= 0.6 is 0 Å². The van der Waals surface area contributed by atoms with Gasteiger partial charge in [0.05, 0.1) is 16.8 Å². The molecule has 3 heterocycles. The number of hydrogen-bond donors (Lipinski definition) is 3. The Bertz CT molecular complexity index is 1560. The third kappa shape index (κ3) is 4.78. The van der Waals surface area contributed by atoms with Crippen LogP contribution in [0, 0.1) is 11.3 Å². The fourth-order valence-corrected chi connectivity index (χ4v) is 4.04. The van der Waals surface area contributed by atoms with Gasteiger partial charge in [0.25, 0.3) is 5.91 Å². The second kappa shape index (κ2) is 9.96. The average Bonchev–Trinajstić information content (AvgIpc) is 3.39. The number of amides is 1. The lowest BCUT2D eigenvalue weighted by Crippen LogP contribution is -2.33. The van der Waals surface area contributed by atoms with Crippen LogP contribution in [0.3, 0.4) is 0 Å². The minimum Gasteiger partial charge on any atom is -0.486 e. The van der Waals surface area contributed by atoms with Crippen LogP contribution in [0.5, 0.6) is 11.5 Å². The van der Waals surface area contributed by atoms with E-state index in [-0.39, 0.29) is 17.7 Å². The van der Waals surface area contributed by atoms with Crippen LogP contribution in [0.15, 0.2) is 55.0 Å². The summed E-state index contributed by atoms with van der Waals surface area (Å²) in [5.74, 6) is -0.228. The number of benzene rings is 2. The van der Waals surface area contributed by atoms with E-state index in [1.807, 2.05) is 12.1 Å². The van der Waals surface area contributed by atoms with Crippen LogP contribution in [-0.4, -0.2) is 50.8 Å². The maximum Gasteiger partial charge on any atom is 0.320 e. The molecule has 0 saturated heterocycles. The van der Waals surface area contributed by atoms with Gasteiger partial charge in [-0.1, -0.05) is 18.2 Å². The Hall–Kier alpha value is -4.95. The Morgan fingerprint density at radius 1 is 1.19 bits per heavy atom. The summed E-state index contributed by atoms with van der Waals surface area (Å²) in [7, 11) is 0. The number of fused-ring (bicyclic) bond motifs is 2. The van der Waals surface area contributed by atoms with Gasteiger partial charge < -0.3 is 25.2 Å². The highest BCUT2D eigenvalue weighted by atomic mass is 16.6. The second-order valence-electron chi connectivity index (χ2n) is 8.42. The van der Waals surface area contributed by atoms with Crippen molar-refractivity contribution in [2.45, 2.75) is 19.5 Å². The largest absolute Gasteiger partial charge is 0.486 e. The molecule has 3 N–H and O–H groups in total. The predicted molar refractivity (Wildman–Crippen MR) is 132 cm³/mol. The number of carboxylic acids is 1. The zero-order chi connectivity index (χ0) is 25.9. The highest BCUT2D eigenvalue weighted by molar-refractivity contribution is 6.09. The van der Waals surface area contributed by atoms with Gasteiger partial charge in [0.2, 0.25) is 0 Å². The molecule has 0 aliphatic carbocycles. The fraction of sp³-hybridized carbons (Fsp3) is 0.192. The molecule has 0 radical (unpaired) electrons. The number of rotatable bonds is 7. The molecule has 0 unspecified atom stereocenters. The van der Waals surface area contributed by atoms with Gasteiger partial charge in [-0.15, -0.1) is 10.2 Å². The van der Waals surface area contributed by atoms with Crippen molar-refractivity contribution < 1.29 is 24.2 Å². The van der Waals surface area contributed by atoms with E-state index in [9.17, 15) is 14.9 Å². The summed E-state index contributed by atoms with van der Waals surface area (Å²) in [4.78, 5) is 24.5. The molecule has 0 spiro atoms. The molecular weight excluding hydrogens is 476 g/mol. The molecule has 5 rings (SSSR count). The summed E-state index contributed by atoms with van der Waals surface area (Å²) in [6.45, 7) is 2.67. The van der Waals surface area contributed by atoms with E-state index in [1.54, 1.807) is 40.9 Å². The molecule has 4 aromatic rings. The summed E-state index contributed by atoms with van der Waals surface area (Å²) in [5, 5.41) is 32.8. The van der Waals surface area contributed by atoms with Crippen molar-refractivity contribution in [3.8, 4) is 28.7 Å². The van der Waals surface area contributed by atoms with Crippen LogP contribution in [0.25, 0.3) is 16.8 Å². The smallest absolute Gasteiger partial charge is 0.320 e. The number of pyridine rings is 1. The molecule has 186 valence electrons. The molecular formula is C26H22N6O5. The fourth-order valence-electron chi connectivity index (χ4n) is 4.04. The number of nitrogens with one attached hydrogen (secondary N) is 2. The number of aliphatic carboxylic acids is 1. The Morgan fingerprint density at radius 3 is 2.78 bits per heavy atom. The number of nitriles is 1. The van der Waals surface area contributed by atoms with Gasteiger partial charge in [0.15, 0.2) is 17.1 Å². The first-order valence-electron chi connectivity index (χ1n) is 11.5. The van der Waals surface area contributed by atoms with Crippen LogP contribution in [0.2, 0.25) is 0 Å². The van der Waals surface area contributed by atoms with Gasteiger partial charge in [0, 0.05) is 18.3 Å². The van der Waals surface area contributed by atoms with Gasteiger partial charge in [-0.05, 0) is 42.3 Å². The second-order valence-corrected chi connectivity index (χ2v) is 8.42. The van der Waals surface area contributed by atoms with Crippen molar-refractivity contribution in [1.29, 1.82) is 5.26 Å². The average molecular weight is 498 g/mol. The minimum atomic E-state index is -0.981. The lowest BCUT2D eigenvalue weighted by molar-refractivity contribution is -0.139. The zero-order valence-electron chi connectivity index (χ0n) is 19.8. The highest BCUT2D eigenvalue weighted by Crippen LogP contribution is 2.37. The van der Waals surface area contributed by atoms with Gasteiger partial charge in [0.1, 0.15) is 31.7 Å².